The number of rotatable bonds is 14. The zero-order chi connectivity index (χ0) is 28.3. The van der Waals surface area contributed by atoms with Gasteiger partial charge in [0.15, 0.2) is 0 Å². The summed E-state index contributed by atoms with van der Waals surface area (Å²) in [7, 11) is -3.32. The lowest BCUT2D eigenvalue weighted by Crippen LogP contribution is -2.51. The van der Waals surface area contributed by atoms with Gasteiger partial charge in [0.2, 0.25) is 10.0 Å². The molecule has 1 aliphatic rings. The van der Waals surface area contributed by atoms with Crippen molar-refractivity contribution in [3.05, 3.63) is 54.1 Å². The summed E-state index contributed by atoms with van der Waals surface area (Å²) >= 11 is 0. The van der Waals surface area contributed by atoms with Crippen LogP contribution in [0.15, 0.2) is 48.5 Å². The van der Waals surface area contributed by atoms with Crippen LogP contribution in [-0.2, 0) is 21.4 Å². The maximum Gasteiger partial charge on any atom is 0.315 e. The summed E-state index contributed by atoms with van der Waals surface area (Å²) in [5, 5.41) is 14.6. The molecule has 2 aromatic carbocycles. The monoisotopic (exact) mass is 560 g/mol. The van der Waals surface area contributed by atoms with E-state index in [1.54, 1.807) is 24.3 Å². The number of nitrogens with zero attached hydrogens (tertiary/aromatic N) is 1. The van der Waals surface area contributed by atoms with E-state index in [0.29, 0.717) is 36.2 Å². The Kier molecular flexibility index (Phi) is 11.4. The average Bonchev–Trinajstić information content (AvgIpc) is 2.88. The predicted molar refractivity (Wildman–Crippen MR) is 152 cm³/mol. The number of likely N-dealkylation sites (tertiary alicyclic amines) is 1. The summed E-state index contributed by atoms with van der Waals surface area (Å²) in [5.41, 5.74) is 1.66. The van der Waals surface area contributed by atoms with E-state index >= 15 is 0 Å². The number of aliphatic carboxylic acids is 1. The number of hydrogen-bond donors (Lipinski definition) is 4. The first kappa shape index (κ1) is 30.2. The lowest BCUT2D eigenvalue weighted by atomic mass is 9.93. The van der Waals surface area contributed by atoms with Crippen LogP contribution in [-0.4, -0.2) is 61.9 Å². The van der Waals surface area contributed by atoms with Gasteiger partial charge >= 0.3 is 12.0 Å². The number of carbonyl (C=O) groups excluding carboxylic acids is 1. The zero-order valence-electron chi connectivity index (χ0n) is 22.7. The minimum atomic E-state index is -3.32. The maximum atomic E-state index is 12.3. The first-order valence-electron chi connectivity index (χ1n) is 13.5. The van der Waals surface area contributed by atoms with Gasteiger partial charge in [-0.3, -0.25) is 14.4 Å². The molecular formula is C28H40N4O6S. The van der Waals surface area contributed by atoms with Gasteiger partial charge in [-0.05, 0) is 67.6 Å². The molecule has 39 heavy (non-hydrogen) atoms. The molecule has 0 spiro atoms. The number of amides is 2. The van der Waals surface area contributed by atoms with E-state index < -0.39 is 16.0 Å². The highest BCUT2D eigenvalue weighted by Gasteiger charge is 2.29. The van der Waals surface area contributed by atoms with Crippen LogP contribution in [0.4, 0.5) is 10.5 Å². The fraction of sp³-hybridized carbons (Fsp3) is 0.500. The van der Waals surface area contributed by atoms with Gasteiger partial charge in [-0.15, -0.1) is 0 Å². The molecule has 2 unspecified atom stereocenters. The van der Waals surface area contributed by atoms with Crippen LogP contribution in [0.5, 0.6) is 11.5 Å². The summed E-state index contributed by atoms with van der Waals surface area (Å²) in [6.45, 7) is 4.22. The van der Waals surface area contributed by atoms with Crippen molar-refractivity contribution in [3.63, 3.8) is 0 Å². The number of anilines is 1. The van der Waals surface area contributed by atoms with Crippen molar-refractivity contribution in [1.82, 2.24) is 15.5 Å². The average molecular weight is 561 g/mol. The maximum absolute atomic E-state index is 12.3. The molecule has 3 rings (SSSR count). The lowest BCUT2D eigenvalue weighted by molar-refractivity contribution is -0.137. The predicted octanol–water partition coefficient (Wildman–Crippen LogP) is 4.54. The van der Waals surface area contributed by atoms with Gasteiger partial charge in [0.1, 0.15) is 11.5 Å². The highest BCUT2D eigenvalue weighted by atomic mass is 32.2. The van der Waals surface area contributed by atoms with Gasteiger partial charge in [0.05, 0.1) is 6.26 Å². The second-order valence-electron chi connectivity index (χ2n) is 10.0. The number of carbonyl (C=O) groups is 2. The molecule has 0 radical (unpaired) electrons. The summed E-state index contributed by atoms with van der Waals surface area (Å²) in [6, 6.07) is 15.0. The number of hydrogen-bond acceptors (Lipinski definition) is 6. The van der Waals surface area contributed by atoms with Crippen molar-refractivity contribution in [3.8, 4) is 11.5 Å². The van der Waals surface area contributed by atoms with Crippen molar-refractivity contribution < 1.29 is 27.9 Å². The molecule has 0 aromatic heterocycles. The third kappa shape index (κ3) is 11.1. The third-order valence-electron chi connectivity index (χ3n) is 6.62. The third-order valence-corrected chi connectivity index (χ3v) is 7.23. The molecule has 11 heteroatoms. The Balaban J connectivity index is 1.51. The number of sulfonamides is 1. The second kappa shape index (κ2) is 14.7. The zero-order valence-corrected chi connectivity index (χ0v) is 23.5. The molecule has 0 saturated carbocycles. The van der Waals surface area contributed by atoms with Crippen LogP contribution in [0.1, 0.15) is 57.4 Å². The normalized spacial score (nSPS) is 17.8. The van der Waals surface area contributed by atoms with Gasteiger partial charge < -0.3 is 20.5 Å². The lowest BCUT2D eigenvalue weighted by Gasteiger charge is -2.40. The quantitative estimate of drug-likeness (QED) is 0.249. The highest BCUT2D eigenvalue weighted by Crippen LogP contribution is 2.27. The van der Waals surface area contributed by atoms with Crippen LogP contribution < -0.4 is 20.1 Å². The highest BCUT2D eigenvalue weighted by molar-refractivity contribution is 7.92. The molecule has 1 heterocycles. The van der Waals surface area contributed by atoms with Gasteiger partial charge in [-0.1, -0.05) is 31.9 Å². The smallest absolute Gasteiger partial charge is 0.315 e. The van der Waals surface area contributed by atoms with Gasteiger partial charge in [0.25, 0.3) is 0 Å². The second-order valence-corrected chi connectivity index (χ2v) is 11.8. The van der Waals surface area contributed by atoms with Gasteiger partial charge in [-0.25, -0.2) is 13.2 Å². The number of piperidine rings is 1. The number of ether oxygens (including phenoxy) is 1. The molecule has 2 amide bonds. The van der Waals surface area contributed by atoms with Crippen molar-refractivity contribution in [2.24, 2.45) is 0 Å². The largest absolute Gasteiger partial charge is 0.481 e. The van der Waals surface area contributed by atoms with Crippen molar-refractivity contribution in [2.45, 2.75) is 70.5 Å². The molecule has 2 aromatic rings. The van der Waals surface area contributed by atoms with Crippen LogP contribution in [0.3, 0.4) is 0 Å². The van der Waals surface area contributed by atoms with E-state index in [2.05, 4.69) is 39.3 Å². The summed E-state index contributed by atoms with van der Waals surface area (Å²) in [5.74, 6) is 0.450. The van der Waals surface area contributed by atoms with E-state index in [-0.39, 0.29) is 18.5 Å². The Bertz CT molecular complexity index is 1170. The number of unbranched alkanes of at least 4 members (excludes halogenated alkanes) is 1. The molecule has 214 valence electrons. The Morgan fingerprint density at radius 2 is 1.72 bits per heavy atom. The first-order chi connectivity index (χ1) is 18.6. The minimum absolute atomic E-state index is 0.0446. The molecule has 0 aliphatic carbocycles. The SMILES string of the molecule is CCCCC1CC(NC(=O)NCCCC(=O)O)CCN1Cc1ccc(Oc2ccc(NS(C)(=O)=O)cc2)cc1. The van der Waals surface area contributed by atoms with Crippen LogP contribution >= 0.6 is 0 Å². The Morgan fingerprint density at radius 1 is 1.05 bits per heavy atom. The van der Waals surface area contributed by atoms with E-state index in [0.717, 1.165) is 51.4 Å². The Morgan fingerprint density at radius 3 is 2.33 bits per heavy atom. The summed E-state index contributed by atoms with van der Waals surface area (Å²) in [6.07, 6.45) is 6.62. The Hall–Kier alpha value is -3.31. The first-order valence-corrected chi connectivity index (χ1v) is 15.4. The molecule has 0 bridgehead atoms. The number of carboxylic acids is 1. The minimum Gasteiger partial charge on any atom is -0.481 e. The summed E-state index contributed by atoms with van der Waals surface area (Å²) in [4.78, 5) is 25.4. The summed E-state index contributed by atoms with van der Waals surface area (Å²) < 4.78 is 31.1. The number of urea groups is 1. The number of nitrogens with one attached hydrogen (secondary N) is 3. The molecule has 10 nitrogen and oxygen atoms in total. The van der Waals surface area contributed by atoms with Crippen LogP contribution in [0, 0.1) is 0 Å². The molecule has 4 N–H and O–H groups in total. The molecular weight excluding hydrogens is 520 g/mol. The van der Waals surface area contributed by atoms with E-state index in [1.165, 1.54) is 5.56 Å². The van der Waals surface area contributed by atoms with Crippen molar-refractivity contribution in [2.75, 3.05) is 24.1 Å². The van der Waals surface area contributed by atoms with E-state index in [9.17, 15) is 18.0 Å². The van der Waals surface area contributed by atoms with E-state index in [4.69, 9.17) is 9.84 Å². The van der Waals surface area contributed by atoms with Crippen molar-refractivity contribution in [1.29, 1.82) is 0 Å². The number of carboxylic acid groups (broad SMARTS) is 1. The fourth-order valence-electron chi connectivity index (χ4n) is 4.70. The van der Waals surface area contributed by atoms with Crippen LogP contribution in [0.25, 0.3) is 0 Å². The van der Waals surface area contributed by atoms with Gasteiger partial charge in [0, 0.05) is 43.8 Å². The molecule has 1 aliphatic heterocycles. The van der Waals surface area contributed by atoms with E-state index in [1.807, 2.05) is 12.1 Å². The fourth-order valence-corrected chi connectivity index (χ4v) is 5.26. The Labute approximate surface area is 231 Å². The number of benzene rings is 2. The molecule has 2 atom stereocenters. The van der Waals surface area contributed by atoms with Crippen molar-refractivity contribution >= 4 is 27.7 Å². The molecule has 1 saturated heterocycles. The standard InChI is InChI=1S/C28H40N4O6S/c1-3-4-6-24-19-23(30-28(35)29-17-5-7-27(33)34)16-18-32(24)20-21-8-12-25(13-9-21)38-26-14-10-22(11-15-26)31-39(2,36)37/h8-15,23-24,31H,3-7,16-20H2,1-2H3,(H,33,34)(H2,29,30,35). The topological polar surface area (TPSA) is 137 Å². The molecule has 1 fully saturated rings. The van der Waals surface area contributed by atoms with Gasteiger partial charge in [-0.2, -0.15) is 0 Å². The van der Waals surface area contributed by atoms with Crippen LogP contribution in [0.2, 0.25) is 0 Å².